The Morgan fingerprint density at radius 2 is 1.42 bits per heavy atom. The molecular formula is C26H23NO9. The summed E-state index contributed by atoms with van der Waals surface area (Å²) in [7, 11) is 0. The molecule has 36 heavy (non-hydrogen) atoms. The summed E-state index contributed by atoms with van der Waals surface area (Å²) >= 11 is 0. The number of carbonyl (C=O) groups is 3. The van der Waals surface area contributed by atoms with Crippen molar-refractivity contribution in [2.24, 2.45) is 0 Å². The van der Waals surface area contributed by atoms with Crippen LogP contribution in [0.4, 0.5) is 0 Å². The fraction of sp³-hybridized carbons (Fsp3) is 0.308. The zero-order chi connectivity index (χ0) is 25.5. The molecule has 186 valence electrons. The van der Waals surface area contributed by atoms with E-state index in [1.807, 2.05) is 6.07 Å². The van der Waals surface area contributed by atoms with Crippen LogP contribution in [0.5, 0.6) is 5.75 Å². The monoisotopic (exact) mass is 493 g/mol. The Labute approximate surface area is 206 Å². The molecule has 0 bridgehead atoms. The molecule has 2 heterocycles. The Morgan fingerprint density at radius 3 is 1.92 bits per heavy atom. The SMILES string of the molecule is C=CC(=O)OCCOc1ccc(C(=O)O[C@H]2CO[C@H]3[C@@H]2OC[C@H]3OC(=O)c2ccc(C#N)cc2)cc1. The Morgan fingerprint density at radius 1 is 0.889 bits per heavy atom. The first-order valence-corrected chi connectivity index (χ1v) is 11.2. The third-order valence-electron chi connectivity index (χ3n) is 5.58. The molecule has 0 saturated carbocycles. The van der Waals surface area contributed by atoms with Gasteiger partial charge >= 0.3 is 17.9 Å². The number of hydrogen-bond acceptors (Lipinski definition) is 10. The first-order chi connectivity index (χ1) is 17.5. The van der Waals surface area contributed by atoms with Gasteiger partial charge in [0.15, 0.2) is 12.2 Å². The smallest absolute Gasteiger partial charge is 0.338 e. The quantitative estimate of drug-likeness (QED) is 0.222. The van der Waals surface area contributed by atoms with Gasteiger partial charge in [-0.3, -0.25) is 0 Å². The zero-order valence-corrected chi connectivity index (χ0v) is 19.2. The van der Waals surface area contributed by atoms with Crippen LogP contribution in [0.3, 0.4) is 0 Å². The first-order valence-electron chi connectivity index (χ1n) is 11.2. The van der Waals surface area contributed by atoms with Crippen molar-refractivity contribution < 1.29 is 42.8 Å². The zero-order valence-electron chi connectivity index (χ0n) is 19.2. The lowest BCUT2D eigenvalue weighted by Gasteiger charge is -2.17. The second-order valence-electron chi connectivity index (χ2n) is 7.92. The van der Waals surface area contributed by atoms with E-state index in [2.05, 4.69) is 6.58 Å². The number of nitrogens with zero attached hydrogens (tertiary/aromatic N) is 1. The molecular weight excluding hydrogens is 470 g/mol. The number of hydrogen-bond donors (Lipinski definition) is 0. The highest BCUT2D eigenvalue weighted by atomic mass is 16.7. The second-order valence-corrected chi connectivity index (χ2v) is 7.92. The van der Waals surface area contributed by atoms with Crippen molar-refractivity contribution in [1.29, 1.82) is 5.26 Å². The number of fused-ring (bicyclic) bond motifs is 1. The minimum absolute atomic E-state index is 0.0721. The first kappa shape index (κ1) is 24.9. The lowest BCUT2D eigenvalue weighted by atomic mass is 10.1. The van der Waals surface area contributed by atoms with Gasteiger partial charge in [-0.2, -0.15) is 5.26 Å². The van der Waals surface area contributed by atoms with Gasteiger partial charge in [-0.25, -0.2) is 14.4 Å². The lowest BCUT2D eigenvalue weighted by molar-refractivity contribution is -0.138. The normalized spacial score (nSPS) is 22.1. The van der Waals surface area contributed by atoms with E-state index in [1.54, 1.807) is 24.3 Å². The summed E-state index contributed by atoms with van der Waals surface area (Å²) in [5.41, 5.74) is 1.06. The summed E-state index contributed by atoms with van der Waals surface area (Å²) in [6, 6.07) is 14.4. The molecule has 0 N–H and O–H groups in total. The van der Waals surface area contributed by atoms with Gasteiger partial charge in [-0.1, -0.05) is 6.58 Å². The molecule has 2 aromatic rings. The van der Waals surface area contributed by atoms with Crippen LogP contribution in [0.2, 0.25) is 0 Å². The largest absolute Gasteiger partial charge is 0.490 e. The van der Waals surface area contributed by atoms with Gasteiger partial charge in [-0.15, -0.1) is 0 Å². The molecule has 2 aliphatic heterocycles. The summed E-state index contributed by atoms with van der Waals surface area (Å²) in [6.07, 6.45) is -1.36. The van der Waals surface area contributed by atoms with Gasteiger partial charge in [0, 0.05) is 6.08 Å². The molecule has 4 rings (SSSR count). The van der Waals surface area contributed by atoms with E-state index < -0.39 is 42.3 Å². The van der Waals surface area contributed by atoms with Crippen molar-refractivity contribution in [3.05, 3.63) is 77.9 Å². The van der Waals surface area contributed by atoms with Crippen molar-refractivity contribution in [3.8, 4) is 11.8 Å². The van der Waals surface area contributed by atoms with E-state index in [1.165, 1.54) is 24.3 Å². The second kappa shape index (κ2) is 11.5. The highest BCUT2D eigenvalue weighted by Gasteiger charge is 2.51. The Kier molecular flexibility index (Phi) is 7.95. The lowest BCUT2D eigenvalue weighted by Crippen LogP contribution is -2.36. The van der Waals surface area contributed by atoms with E-state index in [-0.39, 0.29) is 26.4 Å². The van der Waals surface area contributed by atoms with Crippen LogP contribution in [0.15, 0.2) is 61.2 Å². The van der Waals surface area contributed by atoms with Crippen molar-refractivity contribution in [3.63, 3.8) is 0 Å². The third-order valence-corrected chi connectivity index (χ3v) is 5.58. The molecule has 0 amide bonds. The van der Waals surface area contributed by atoms with E-state index in [4.69, 9.17) is 33.7 Å². The van der Waals surface area contributed by atoms with Crippen molar-refractivity contribution >= 4 is 17.9 Å². The fourth-order valence-corrected chi connectivity index (χ4v) is 3.77. The van der Waals surface area contributed by atoms with Gasteiger partial charge in [0.05, 0.1) is 36.0 Å². The Balaban J connectivity index is 1.25. The minimum atomic E-state index is -0.656. The Bertz CT molecular complexity index is 1150. The maximum Gasteiger partial charge on any atom is 0.338 e. The van der Waals surface area contributed by atoms with E-state index in [0.29, 0.717) is 22.4 Å². The van der Waals surface area contributed by atoms with Crippen LogP contribution >= 0.6 is 0 Å². The molecule has 0 radical (unpaired) electrons. The predicted molar refractivity (Wildman–Crippen MR) is 122 cm³/mol. The highest BCUT2D eigenvalue weighted by Crippen LogP contribution is 2.31. The minimum Gasteiger partial charge on any atom is -0.490 e. The van der Waals surface area contributed by atoms with Crippen LogP contribution in [-0.4, -0.2) is 68.8 Å². The topological polar surface area (TPSA) is 130 Å². The highest BCUT2D eigenvalue weighted by molar-refractivity contribution is 5.90. The number of rotatable bonds is 9. The summed E-state index contributed by atoms with van der Waals surface area (Å²) in [5, 5.41) is 8.88. The molecule has 2 aromatic carbocycles. The molecule has 0 aliphatic carbocycles. The van der Waals surface area contributed by atoms with E-state index >= 15 is 0 Å². The van der Waals surface area contributed by atoms with Crippen LogP contribution in [0, 0.1) is 11.3 Å². The van der Waals surface area contributed by atoms with E-state index in [0.717, 1.165) is 6.08 Å². The Hall–Kier alpha value is -4.20. The summed E-state index contributed by atoms with van der Waals surface area (Å²) in [4.78, 5) is 36.1. The molecule has 2 aliphatic rings. The van der Waals surface area contributed by atoms with Crippen LogP contribution < -0.4 is 4.74 Å². The van der Waals surface area contributed by atoms with Crippen LogP contribution in [0.1, 0.15) is 26.3 Å². The average Bonchev–Trinajstić information content (AvgIpc) is 3.49. The van der Waals surface area contributed by atoms with Gasteiger partial charge < -0.3 is 28.4 Å². The molecule has 4 atom stereocenters. The van der Waals surface area contributed by atoms with Crippen molar-refractivity contribution in [1.82, 2.24) is 0 Å². The molecule has 0 spiro atoms. The summed E-state index contributed by atoms with van der Waals surface area (Å²) < 4.78 is 32.9. The van der Waals surface area contributed by atoms with Gasteiger partial charge in [-0.05, 0) is 48.5 Å². The number of nitriles is 1. The molecule has 0 unspecified atom stereocenters. The number of ether oxygens (including phenoxy) is 6. The molecule has 2 saturated heterocycles. The van der Waals surface area contributed by atoms with E-state index in [9.17, 15) is 14.4 Å². The molecule has 2 fully saturated rings. The molecule has 10 nitrogen and oxygen atoms in total. The van der Waals surface area contributed by atoms with Crippen molar-refractivity contribution in [2.45, 2.75) is 24.4 Å². The van der Waals surface area contributed by atoms with Gasteiger partial charge in [0.25, 0.3) is 0 Å². The van der Waals surface area contributed by atoms with Gasteiger partial charge in [0.1, 0.15) is 31.2 Å². The maximum atomic E-state index is 12.6. The summed E-state index contributed by atoms with van der Waals surface area (Å²) in [5.74, 6) is -1.15. The summed E-state index contributed by atoms with van der Waals surface area (Å²) in [6.45, 7) is 3.75. The van der Waals surface area contributed by atoms with Crippen LogP contribution in [0.25, 0.3) is 0 Å². The maximum absolute atomic E-state index is 12.6. The average molecular weight is 493 g/mol. The standard InChI is InChI=1S/C26H23NO9/c1-2-22(28)32-12-11-31-19-9-7-18(8-10-19)26(30)36-21-15-34-23-20(14-33-24(21)23)35-25(29)17-5-3-16(13-27)4-6-17/h2-10,20-21,23-24H,1,11-12,14-15H2/t20-,21+,23-,24-/m1/s1. The van der Waals surface area contributed by atoms with Crippen molar-refractivity contribution in [2.75, 3.05) is 26.4 Å². The fourth-order valence-electron chi connectivity index (χ4n) is 3.77. The van der Waals surface area contributed by atoms with Crippen LogP contribution in [-0.2, 0) is 28.5 Å². The number of esters is 3. The molecule has 10 heteroatoms. The molecule has 0 aromatic heterocycles. The number of benzene rings is 2. The number of carbonyl (C=O) groups excluding carboxylic acids is 3. The van der Waals surface area contributed by atoms with Gasteiger partial charge in [0.2, 0.25) is 0 Å². The predicted octanol–water partition coefficient (Wildman–Crippen LogP) is 2.21. The third kappa shape index (κ3) is 5.89.